The first-order valence-corrected chi connectivity index (χ1v) is 6.23. The second kappa shape index (κ2) is 12.7. The van der Waals surface area contributed by atoms with Gasteiger partial charge >= 0.3 is 13.1 Å². The van der Waals surface area contributed by atoms with Crippen molar-refractivity contribution >= 4 is 37.9 Å². The molecule has 0 heterocycles. The number of nitrogens with zero attached hydrogens (tertiary/aromatic N) is 1. The molecule has 0 amide bonds. The topological polar surface area (TPSA) is 107 Å². The van der Waals surface area contributed by atoms with Crippen molar-refractivity contribution in [1.82, 2.24) is 4.90 Å². The Bertz CT molecular complexity index is 261. The fraction of sp³-hybridized carbons (Fsp3) is 0.909. The number of rotatable bonds is 9. The predicted molar refractivity (Wildman–Crippen MR) is 85.5 cm³/mol. The minimum Gasteiger partial charge on any atom is -0.480 e. The molecule has 0 saturated heterocycles. The molecule has 0 saturated carbocycles. The molecule has 5 N–H and O–H groups in total. The smallest absolute Gasteiger partial charge is 0.451 e. The first kappa shape index (κ1) is 24.9. The largest absolute Gasteiger partial charge is 0.480 e. The normalized spacial score (nSPS) is 14.8. The van der Waals surface area contributed by atoms with Crippen LogP contribution >= 0.6 is 24.8 Å². The van der Waals surface area contributed by atoms with E-state index < -0.39 is 19.1 Å². The summed E-state index contributed by atoms with van der Waals surface area (Å²) in [5, 5.41) is 26.6. The molecule has 20 heavy (non-hydrogen) atoms. The molecule has 0 aromatic rings. The Hall–Kier alpha value is -0.0451. The zero-order valence-electron chi connectivity index (χ0n) is 12.2. The van der Waals surface area contributed by atoms with Crippen LogP contribution in [0.2, 0.25) is 6.32 Å². The van der Waals surface area contributed by atoms with Crippen LogP contribution in [0.3, 0.4) is 0 Å². The second-order valence-corrected chi connectivity index (χ2v) is 5.29. The number of carboxylic acid groups (broad SMARTS) is 1. The van der Waals surface area contributed by atoms with Crippen molar-refractivity contribution in [1.29, 1.82) is 0 Å². The van der Waals surface area contributed by atoms with Crippen molar-refractivity contribution in [2.45, 2.75) is 32.1 Å². The molecule has 3 unspecified atom stereocenters. The van der Waals surface area contributed by atoms with E-state index in [1.165, 1.54) is 0 Å². The Labute approximate surface area is 133 Å². The molecule has 0 aliphatic heterocycles. The monoisotopic (exact) mass is 332 g/mol. The lowest BCUT2D eigenvalue weighted by Crippen LogP contribution is -2.43. The molecule has 0 aromatic carbocycles. The Morgan fingerprint density at radius 1 is 1.30 bits per heavy atom. The Balaban J connectivity index is -0.00000144. The van der Waals surface area contributed by atoms with Crippen molar-refractivity contribution in [2.75, 3.05) is 20.6 Å². The fourth-order valence-corrected chi connectivity index (χ4v) is 2.07. The Morgan fingerprint density at radius 3 is 2.15 bits per heavy atom. The van der Waals surface area contributed by atoms with Gasteiger partial charge in [0.25, 0.3) is 0 Å². The molecule has 0 bridgehead atoms. The summed E-state index contributed by atoms with van der Waals surface area (Å²) in [6, 6.07) is -0.881. The fourth-order valence-electron chi connectivity index (χ4n) is 2.07. The van der Waals surface area contributed by atoms with E-state index in [-0.39, 0.29) is 36.6 Å². The first-order valence-electron chi connectivity index (χ1n) is 6.23. The van der Waals surface area contributed by atoms with Gasteiger partial charge in [-0.1, -0.05) is 13.3 Å². The van der Waals surface area contributed by atoms with Gasteiger partial charge in [0.2, 0.25) is 0 Å². The van der Waals surface area contributed by atoms with E-state index in [0.717, 1.165) is 0 Å². The number of hydrogen-bond acceptors (Lipinski definition) is 5. The average Bonchev–Trinajstić information content (AvgIpc) is 2.23. The molecule has 9 heteroatoms. The van der Waals surface area contributed by atoms with Crippen LogP contribution < -0.4 is 5.73 Å². The second-order valence-electron chi connectivity index (χ2n) is 5.29. The van der Waals surface area contributed by atoms with Gasteiger partial charge in [-0.15, -0.1) is 24.8 Å². The maximum atomic E-state index is 10.9. The number of hydrogen-bond donors (Lipinski definition) is 4. The van der Waals surface area contributed by atoms with Crippen molar-refractivity contribution in [3.8, 4) is 0 Å². The van der Waals surface area contributed by atoms with Crippen LogP contribution in [0.5, 0.6) is 0 Å². The summed E-state index contributed by atoms with van der Waals surface area (Å²) >= 11 is 0. The SMILES string of the molecule is CC(CCB(O)O)CC(CN(C)C)C(N)C(=O)O.Cl.Cl. The molecule has 0 radical (unpaired) electrons. The van der Waals surface area contributed by atoms with Gasteiger partial charge in [-0.05, 0) is 38.7 Å². The third kappa shape index (κ3) is 11.8. The summed E-state index contributed by atoms with van der Waals surface area (Å²) in [6.07, 6.45) is 1.62. The summed E-state index contributed by atoms with van der Waals surface area (Å²) in [4.78, 5) is 12.9. The number of carbonyl (C=O) groups is 1. The first-order chi connectivity index (χ1) is 8.23. The molecule has 0 aromatic heterocycles. The number of halogens is 2. The standard InChI is InChI=1S/C11H25BN2O4.2ClH/c1-8(4-5-12(17)18)6-9(7-14(2)3)10(13)11(15)16;;/h8-10,17-18H,4-7,13H2,1-3H3,(H,15,16);2*1H. The minimum absolute atomic E-state index is 0. The highest BCUT2D eigenvalue weighted by molar-refractivity contribution is 6.40. The van der Waals surface area contributed by atoms with Crippen LogP contribution in [0.15, 0.2) is 0 Å². The van der Waals surface area contributed by atoms with Gasteiger partial charge in [-0.2, -0.15) is 0 Å². The molecule has 6 nitrogen and oxygen atoms in total. The molecule has 0 fully saturated rings. The van der Waals surface area contributed by atoms with E-state index >= 15 is 0 Å². The molecule has 0 aliphatic carbocycles. The van der Waals surface area contributed by atoms with Crippen molar-refractivity contribution in [2.24, 2.45) is 17.6 Å². The molecule has 3 atom stereocenters. The highest BCUT2D eigenvalue weighted by Crippen LogP contribution is 2.20. The van der Waals surface area contributed by atoms with Gasteiger partial charge in [0.15, 0.2) is 0 Å². The molecule has 0 rings (SSSR count). The van der Waals surface area contributed by atoms with Gasteiger partial charge in [-0.3, -0.25) is 4.79 Å². The van der Waals surface area contributed by atoms with Crippen molar-refractivity contribution < 1.29 is 19.9 Å². The maximum Gasteiger partial charge on any atom is 0.451 e. The highest BCUT2D eigenvalue weighted by atomic mass is 35.5. The van der Waals surface area contributed by atoms with Crippen LogP contribution in [0.25, 0.3) is 0 Å². The molecule has 0 spiro atoms. The van der Waals surface area contributed by atoms with Crippen molar-refractivity contribution in [3.63, 3.8) is 0 Å². The zero-order valence-corrected chi connectivity index (χ0v) is 13.9. The molecular weight excluding hydrogens is 306 g/mol. The van der Waals surface area contributed by atoms with Gasteiger partial charge < -0.3 is 25.8 Å². The summed E-state index contributed by atoms with van der Waals surface area (Å²) in [6.45, 7) is 2.58. The van der Waals surface area contributed by atoms with Gasteiger partial charge in [0, 0.05) is 6.54 Å². The maximum absolute atomic E-state index is 10.9. The number of nitrogens with two attached hydrogens (primary N) is 1. The average molecular weight is 333 g/mol. The Morgan fingerprint density at radius 2 is 1.80 bits per heavy atom. The lowest BCUT2D eigenvalue weighted by Gasteiger charge is -2.26. The summed E-state index contributed by atoms with van der Waals surface area (Å²) in [5.74, 6) is -0.915. The van der Waals surface area contributed by atoms with Crippen LogP contribution in [0.1, 0.15) is 19.8 Å². The van der Waals surface area contributed by atoms with E-state index in [0.29, 0.717) is 25.7 Å². The highest BCUT2D eigenvalue weighted by Gasteiger charge is 2.26. The molecule has 0 aliphatic rings. The van der Waals surface area contributed by atoms with Gasteiger partial charge in [-0.25, -0.2) is 0 Å². The third-order valence-corrected chi connectivity index (χ3v) is 3.02. The van der Waals surface area contributed by atoms with Gasteiger partial charge in [0.1, 0.15) is 6.04 Å². The predicted octanol–water partition coefficient (Wildman–Crippen LogP) is 0.309. The van der Waals surface area contributed by atoms with Crippen LogP contribution in [0, 0.1) is 11.8 Å². The Kier molecular flexibility index (Phi) is 15.8. The summed E-state index contributed by atoms with van der Waals surface area (Å²) in [7, 11) is 2.46. The van der Waals surface area contributed by atoms with Crippen molar-refractivity contribution in [3.05, 3.63) is 0 Å². The molecule has 122 valence electrons. The van der Waals surface area contributed by atoms with Gasteiger partial charge in [0.05, 0.1) is 0 Å². The van der Waals surface area contributed by atoms with Crippen LogP contribution in [-0.4, -0.2) is 59.8 Å². The van der Waals surface area contributed by atoms with E-state index in [9.17, 15) is 4.79 Å². The zero-order chi connectivity index (χ0) is 14.3. The third-order valence-electron chi connectivity index (χ3n) is 3.02. The number of carboxylic acids is 1. The van der Waals surface area contributed by atoms with Crippen LogP contribution in [0.4, 0.5) is 0 Å². The quantitative estimate of drug-likeness (QED) is 0.453. The minimum atomic E-state index is -1.30. The lowest BCUT2D eigenvalue weighted by atomic mass is 9.78. The van der Waals surface area contributed by atoms with E-state index in [2.05, 4.69) is 0 Å². The van der Waals surface area contributed by atoms with E-state index in [1.54, 1.807) is 0 Å². The number of aliphatic carboxylic acids is 1. The summed E-state index contributed by atoms with van der Waals surface area (Å²) < 4.78 is 0. The molecular formula is C11H27BCl2N2O4. The lowest BCUT2D eigenvalue weighted by molar-refractivity contribution is -0.140. The van der Waals surface area contributed by atoms with E-state index in [1.807, 2.05) is 25.9 Å². The summed E-state index contributed by atoms with van der Waals surface area (Å²) in [5.41, 5.74) is 5.69. The van der Waals surface area contributed by atoms with Crippen LogP contribution in [-0.2, 0) is 4.79 Å². The van der Waals surface area contributed by atoms with E-state index in [4.69, 9.17) is 20.9 Å².